The minimum absolute atomic E-state index is 0.0886. The number of Topliss-reactive ketones (excluding diaryl/α,β-unsaturated/α-hetero) is 1. The van der Waals surface area contributed by atoms with E-state index < -0.39 is 23.3 Å². The highest BCUT2D eigenvalue weighted by molar-refractivity contribution is 14.1. The average molecular weight is 332 g/mol. The topological polar surface area (TPSA) is 17.1 Å². The van der Waals surface area contributed by atoms with Crippen LogP contribution in [0.2, 0.25) is 0 Å². The number of hydrogen-bond acceptors (Lipinski definition) is 1. The van der Waals surface area contributed by atoms with Crippen LogP contribution in [0.4, 0.5) is 17.6 Å². The van der Waals surface area contributed by atoms with Crippen molar-refractivity contribution in [3.8, 4) is 0 Å². The van der Waals surface area contributed by atoms with E-state index in [2.05, 4.69) is 0 Å². The van der Waals surface area contributed by atoms with Crippen molar-refractivity contribution in [3.05, 3.63) is 35.1 Å². The number of halogens is 5. The van der Waals surface area contributed by atoms with Gasteiger partial charge in [-0.25, -0.2) is 4.39 Å². The van der Waals surface area contributed by atoms with Gasteiger partial charge in [0.15, 0.2) is 0 Å². The second-order valence-corrected chi connectivity index (χ2v) is 3.53. The van der Waals surface area contributed by atoms with Gasteiger partial charge in [-0.3, -0.25) is 4.79 Å². The molecule has 0 aromatic heterocycles. The Bertz CT molecular complexity index is 386. The molecular formula is C9H5F4IO. The van der Waals surface area contributed by atoms with Gasteiger partial charge >= 0.3 is 6.18 Å². The van der Waals surface area contributed by atoms with Gasteiger partial charge in [0.05, 0.1) is 0 Å². The predicted octanol–water partition coefficient (Wildman–Crippen LogP) is 3.51. The van der Waals surface area contributed by atoms with E-state index in [1.807, 2.05) is 22.6 Å². The summed E-state index contributed by atoms with van der Waals surface area (Å²) in [5, 5.41) is 0. The van der Waals surface area contributed by atoms with Gasteiger partial charge in [0, 0.05) is 9.99 Å². The zero-order chi connectivity index (χ0) is 11.6. The maximum Gasteiger partial charge on any atom is 0.454 e. The van der Waals surface area contributed by atoms with E-state index in [9.17, 15) is 22.4 Å². The number of carbonyl (C=O) groups excluding carboxylic acids is 1. The fourth-order valence-electron chi connectivity index (χ4n) is 0.982. The maximum absolute atomic E-state index is 12.9. The van der Waals surface area contributed by atoms with Crippen LogP contribution in [0.25, 0.3) is 0 Å². The number of hydrogen-bond donors (Lipinski definition) is 0. The van der Waals surface area contributed by atoms with Crippen LogP contribution in [0.15, 0.2) is 18.2 Å². The van der Waals surface area contributed by atoms with Gasteiger partial charge in [-0.05, 0) is 23.8 Å². The fourth-order valence-corrected chi connectivity index (χ4v) is 1.57. The van der Waals surface area contributed by atoms with Crippen molar-refractivity contribution < 1.29 is 22.4 Å². The molecule has 15 heavy (non-hydrogen) atoms. The lowest BCUT2D eigenvalue weighted by atomic mass is 10.1. The van der Waals surface area contributed by atoms with Crippen LogP contribution in [0, 0.1) is 5.82 Å². The summed E-state index contributed by atoms with van der Waals surface area (Å²) in [5.41, 5.74) is -0.443. The molecule has 82 valence electrons. The number of ketones is 1. The number of benzene rings is 1. The lowest BCUT2D eigenvalue weighted by molar-refractivity contribution is -0.0885. The van der Waals surface area contributed by atoms with Crippen LogP contribution in [0.5, 0.6) is 0 Å². The maximum atomic E-state index is 12.9. The summed E-state index contributed by atoms with van der Waals surface area (Å²) < 4.78 is 49.2. The summed E-state index contributed by atoms with van der Waals surface area (Å²) in [4.78, 5) is 10.8. The molecule has 0 amide bonds. The molecule has 1 aromatic rings. The SMILES string of the molecule is O=C(c1ccc(F)c(CI)c1)C(F)(F)F. The highest BCUT2D eigenvalue weighted by atomic mass is 127. The van der Waals surface area contributed by atoms with Crippen molar-refractivity contribution >= 4 is 28.4 Å². The summed E-state index contributed by atoms with van der Waals surface area (Å²) in [6.07, 6.45) is -4.92. The Morgan fingerprint density at radius 3 is 2.40 bits per heavy atom. The van der Waals surface area contributed by atoms with E-state index in [0.717, 1.165) is 18.2 Å². The van der Waals surface area contributed by atoms with Crippen molar-refractivity contribution in [1.29, 1.82) is 0 Å². The number of rotatable bonds is 2. The van der Waals surface area contributed by atoms with Gasteiger partial charge in [-0.1, -0.05) is 22.6 Å². The van der Waals surface area contributed by atoms with E-state index >= 15 is 0 Å². The van der Waals surface area contributed by atoms with Crippen molar-refractivity contribution in [2.24, 2.45) is 0 Å². The van der Waals surface area contributed by atoms with Crippen molar-refractivity contribution in [2.75, 3.05) is 0 Å². The Labute approximate surface area is 96.6 Å². The van der Waals surface area contributed by atoms with Crippen LogP contribution < -0.4 is 0 Å². The summed E-state index contributed by atoms with van der Waals surface area (Å²) >= 11 is 1.81. The molecule has 0 atom stereocenters. The standard InChI is InChI=1S/C9H5F4IO/c10-7-2-1-5(3-6(7)4-14)8(15)9(11,12)13/h1-3H,4H2. The Morgan fingerprint density at radius 2 is 1.93 bits per heavy atom. The molecule has 1 aromatic carbocycles. The van der Waals surface area contributed by atoms with Gasteiger partial charge in [0.1, 0.15) is 5.82 Å². The highest BCUT2D eigenvalue weighted by Gasteiger charge is 2.39. The van der Waals surface area contributed by atoms with E-state index in [1.165, 1.54) is 0 Å². The molecule has 1 rings (SSSR count). The first-order valence-corrected chi connectivity index (χ1v) is 5.34. The van der Waals surface area contributed by atoms with Crippen molar-refractivity contribution in [3.63, 3.8) is 0 Å². The quantitative estimate of drug-likeness (QED) is 0.351. The number of carbonyl (C=O) groups is 1. The van der Waals surface area contributed by atoms with E-state index in [1.54, 1.807) is 0 Å². The third-order valence-electron chi connectivity index (χ3n) is 1.71. The smallest absolute Gasteiger partial charge is 0.284 e. The number of alkyl halides is 4. The van der Waals surface area contributed by atoms with Gasteiger partial charge in [0.2, 0.25) is 0 Å². The molecule has 0 aliphatic heterocycles. The summed E-state index contributed by atoms with van der Waals surface area (Å²) in [5.74, 6) is -2.56. The molecule has 0 N–H and O–H groups in total. The summed E-state index contributed by atoms with van der Waals surface area (Å²) in [7, 11) is 0. The largest absolute Gasteiger partial charge is 0.454 e. The molecule has 0 aliphatic carbocycles. The summed E-state index contributed by atoms with van der Waals surface area (Å²) in [6.45, 7) is 0. The molecule has 0 saturated heterocycles. The first kappa shape index (κ1) is 12.4. The Morgan fingerprint density at radius 1 is 1.33 bits per heavy atom. The molecule has 0 spiro atoms. The van der Waals surface area contributed by atoms with Gasteiger partial charge in [0.25, 0.3) is 5.78 Å². The molecule has 0 fully saturated rings. The molecule has 0 unspecified atom stereocenters. The van der Waals surface area contributed by atoms with Gasteiger partial charge in [-0.2, -0.15) is 13.2 Å². The molecular weight excluding hydrogens is 327 g/mol. The highest BCUT2D eigenvalue weighted by Crippen LogP contribution is 2.23. The zero-order valence-corrected chi connectivity index (χ0v) is 9.39. The molecule has 0 heterocycles. The van der Waals surface area contributed by atoms with E-state index in [4.69, 9.17) is 0 Å². The Kier molecular flexibility index (Phi) is 3.69. The van der Waals surface area contributed by atoms with Crippen molar-refractivity contribution in [2.45, 2.75) is 10.6 Å². The van der Waals surface area contributed by atoms with Crippen LogP contribution in [-0.4, -0.2) is 12.0 Å². The lowest BCUT2D eigenvalue weighted by Crippen LogP contribution is -2.22. The predicted molar refractivity (Wildman–Crippen MR) is 54.5 cm³/mol. The van der Waals surface area contributed by atoms with Gasteiger partial charge < -0.3 is 0 Å². The first-order chi connectivity index (χ1) is 6.86. The Balaban J connectivity index is 3.12. The minimum atomic E-state index is -4.92. The molecule has 0 radical (unpaired) electrons. The van der Waals surface area contributed by atoms with Crippen LogP contribution in [0.1, 0.15) is 15.9 Å². The minimum Gasteiger partial charge on any atom is -0.284 e. The molecule has 1 nitrogen and oxygen atoms in total. The van der Waals surface area contributed by atoms with E-state index in [-0.39, 0.29) is 9.99 Å². The molecule has 0 bridgehead atoms. The monoisotopic (exact) mass is 332 g/mol. The molecule has 0 aliphatic rings. The zero-order valence-electron chi connectivity index (χ0n) is 7.24. The van der Waals surface area contributed by atoms with Crippen molar-refractivity contribution in [1.82, 2.24) is 0 Å². The van der Waals surface area contributed by atoms with Gasteiger partial charge in [-0.15, -0.1) is 0 Å². The summed E-state index contributed by atoms with van der Waals surface area (Å²) in [6, 6.07) is 2.63. The second-order valence-electron chi connectivity index (χ2n) is 2.77. The normalized spacial score (nSPS) is 11.5. The van der Waals surface area contributed by atoms with E-state index in [0.29, 0.717) is 0 Å². The first-order valence-electron chi connectivity index (χ1n) is 3.82. The molecule has 0 saturated carbocycles. The third-order valence-corrected chi connectivity index (χ3v) is 2.53. The second kappa shape index (κ2) is 4.46. The fraction of sp³-hybridized carbons (Fsp3) is 0.222. The lowest BCUT2D eigenvalue weighted by Gasteiger charge is -2.06. The third kappa shape index (κ3) is 2.90. The molecule has 6 heteroatoms. The Hall–Kier alpha value is -0.660. The van der Waals surface area contributed by atoms with Crippen LogP contribution in [-0.2, 0) is 4.43 Å². The average Bonchev–Trinajstić information content (AvgIpc) is 2.16. The van der Waals surface area contributed by atoms with Crippen LogP contribution >= 0.6 is 22.6 Å². The van der Waals surface area contributed by atoms with Crippen LogP contribution in [0.3, 0.4) is 0 Å².